The fraction of sp³-hybridized carbons (Fsp3) is 0.471. The Balaban J connectivity index is 2.33. The van der Waals surface area contributed by atoms with Crippen LogP contribution >= 0.6 is 11.8 Å². The quantitative estimate of drug-likeness (QED) is 0.0710. The maximum atomic E-state index is 13.2. The third-order valence-electron chi connectivity index (χ3n) is 6.52. The van der Waals surface area contributed by atoms with Crippen LogP contribution in [0.3, 0.4) is 0 Å². The van der Waals surface area contributed by atoms with Gasteiger partial charge in [0.05, 0.1) is 11.9 Å². The monoisotopic (exact) mass is 567 g/mol. The van der Waals surface area contributed by atoms with Gasteiger partial charge in [0.15, 0.2) is 0 Å². The lowest BCUT2D eigenvalue weighted by atomic mass is 10.0. The molecule has 220 valence electrons. The van der Waals surface area contributed by atoms with Crippen LogP contribution in [0.15, 0.2) is 79.0 Å². The van der Waals surface area contributed by atoms with Crippen LogP contribution in [-0.2, 0) is 9.53 Å². The number of esters is 1. The number of benzene rings is 1. The van der Waals surface area contributed by atoms with Gasteiger partial charge in [-0.2, -0.15) is 0 Å². The summed E-state index contributed by atoms with van der Waals surface area (Å²) in [5, 5.41) is 12.9. The van der Waals surface area contributed by atoms with Crippen LogP contribution < -0.4 is 5.32 Å². The molecule has 1 amide bonds. The van der Waals surface area contributed by atoms with Gasteiger partial charge in [0.2, 0.25) is 5.91 Å². The molecule has 0 radical (unpaired) electrons. The summed E-state index contributed by atoms with van der Waals surface area (Å²) < 4.78 is 4.16. The molecule has 0 bridgehead atoms. The van der Waals surface area contributed by atoms with Crippen LogP contribution in [0.1, 0.15) is 95.3 Å². The SMILES string of the molecule is CCC=CCC=CCC=CCC=CCC=CCCCCSC(CC)(CC)C(=O)Nc1ccc(O)c(C(=O)OC)c1. The number of amides is 1. The highest BCUT2D eigenvalue weighted by Crippen LogP contribution is 2.35. The molecule has 0 saturated carbocycles. The number of unbranched alkanes of at least 4 members (excludes halogenated alkanes) is 2. The molecule has 0 unspecified atom stereocenters. The molecule has 0 aliphatic carbocycles. The van der Waals surface area contributed by atoms with E-state index in [4.69, 9.17) is 4.74 Å². The molecule has 0 aliphatic heterocycles. The number of thioether (sulfide) groups is 1. The van der Waals surface area contributed by atoms with Crippen LogP contribution in [0.2, 0.25) is 0 Å². The Morgan fingerprint density at radius 3 is 1.93 bits per heavy atom. The van der Waals surface area contributed by atoms with Crippen molar-refractivity contribution in [2.45, 2.75) is 89.7 Å². The minimum atomic E-state index is -0.646. The fourth-order valence-corrected chi connectivity index (χ4v) is 5.30. The molecule has 0 aromatic heterocycles. The first-order chi connectivity index (χ1) is 19.4. The molecule has 1 aromatic carbocycles. The molecule has 0 fully saturated rings. The number of anilines is 1. The third kappa shape index (κ3) is 13.9. The van der Waals surface area contributed by atoms with Gasteiger partial charge in [-0.25, -0.2) is 4.79 Å². The summed E-state index contributed by atoms with van der Waals surface area (Å²) in [5.41, 5.74) is 0.495. The maximum Gasteiger partial charge on any atom is 0.341 e. The molecule has 6 heteroatoms. The molecular weight excluding hydrogens is 518 g/mol. The van der Waals surface area contributed by atoms with Crippen molar-refractivity contribution in [1.29, 1.82) is 0 Å². The zero-order chi connectivity index (χ0) is 29.5. The molecule has 5 nitrogen and oxygen atoms in total. The average Bonchev–Trinajstić information content (AvgIpc) is 2.97. The topological polar surface area (TPSA) is 75.6 Å². The van der Waals surface area contributed by atoms with E-state index >= 15 is 0 Å². The van der Waals surface area contributed by atoms with Crippen LogP contribution in [0, 0.1) is 0 Å². The summed E-state index contributed by atoms with van der Waals surface area (Å²) in [6.07, 6.45) is 31.7. The molecule has 0 spiro atoms. The van der Waals surface area contributed by atoms with E-state index in [1.807, 2.05) is 13.8 Å². The Hall–Kier alpha value is -2.99. The van der Waals surface area contributed by atoms with Crippen molar-refractivity contribution < 1.29 is 19.4 Å². The summed E-state index contributed by atoms with van der Waals surface area (Å²) in [6.45, 7) is 6.21. The Labute approximate surface area is 246 Å². The lowest BCUT2D eigenvalue weighted by Gasteiger charge is -2.30. The highest BCUT2D eigenvalue weighted by Gasteiger charge is 2.35. The van der Waals surface area contributed by atoms with E-state index in [-0.39, 0.29) is 17.2 Å². The van der Waals surface area contributed by atoms with Gasteiger partial charge < -0.3 is 15.2 Å². The third-order valence-corrected chi connectivity index (χ3v) is 8.33. The number of methoxy groups -OCH3 is 1. The molecule has 40 heavy (non-hydrogen) atoms. The van der Waals surface area contributed by atoms with Gasteiger partial charge in [-0.05, 0) is 88.2 Å². The molecule has 0 atom stereocenters. The Bertz CT molecular complexity index is 1020. The van der Waals surface area contributed by atoms with Crippen LogP contribution in [-0.4, -0.2) is 34.6 Å². The second-order valence-electron chi connectivity index (χ2n) is 9.43. The number of hydrogen-bond acceptors (Lipinski definition) is 5. The Kier molecular flexibility index (Phi) is 19.1. The van der Waals surface area contributed by atoms with E-state index in [0.29, 0.717) is 18.5 Å². The lowest BCUT2D eigenvalue weighted by Crippen LogP contribution is -2.39. The van der Waals surface area contributed by atoms with Gasteiger partial charge >= 0.3 is 5.97 Å². The first-order valence-electron chi connectivity index (χ1n) is 14.6. The first kappa shape index (κ1) is 35.0. The summed E-state index contributed by atoms with van der Waals surface area (Å²) >= 11 is 1.70. The first-order valence-corrected chi connectivity index (χ1v) is 15.5. The van der Waals surface area contributed by atoms with E-state index in [9.17, 15) is 14.7 Å². The van der Waals surface area contributed by atoms with Gasteiger partial charge in [0, 0.05) is 5.69 Å². The molecule has 2 N–H and O–H groups in total. The minimum Gasteiger partial charge on any atom is -0.507 e. The van der Waals surface area contributed by atoms with Gasteiger partial charge in [-0.15, -0.1) is 11.8 Å². The minimum absolute atomic E-state index is 0.0293. The van der Waals surface area contributed by atoms with Crippen LogP contribution in [0.25, 0.3) is 0 Å². The lowest BCUT2D eigenvalue weighted by molar-refractivity contribution is -0.118. The molecule has 1 aromatic rings. The number of rotatable bonds is 20. The summed E-state index contributed by atoms with van der Waals surface area (Å²) in [6, 6.07) is 4.43. The summed E-state index contributed by atoms with van der Waals surface area (Å²) in [4.78, 5) is 25.1. The Morgan fingerprint density at radius 2 is 1.40 bits per heavy atom. The van der Waals surface area contributed by atoms with Crippen LogP contribution in [0.4, 0.5) is 5.69 Å². The second kappa shape index (κ2) is 21.8. The predicted molar refractivity (Wildman–Crippen MR) is 172 cm³/mol. The van der Waals surface area contributed by atoms with E-state index < -0.39 is 10.7 Å². The van der Waals surface area contributed by atoms with Crippen molar-refractivity contribution in [2.75, 3.05) is 18.2 Å². The van der Waals surface area contributed by atoms with Crippen molar-refractivity contribution in [3.05, 3.63) is 84.5 Å². The second-order valence-corrected chi connectivity index (χ2v) is 10.9. The molecular formula is C34H49NO4S. The fourth-order valence-electron chi connectivity index (χ4n) is 3.97. The Morgan fingerprint density at radius 1 is 0.850 bits per heavy atom. The molecule has 0 saturated heterocycles. The number of ether oxygens (including phenoxy) is 1. The normalized spacial score (nSPS) is 12.5. The van der Waals surface area contributed by atoms with E-state index in [2.05, 4.69) is 73.0 Å². The maximum absolute atomic E-state index is 13.2. The van der Waals surface area contributed by atoms with Gasteiger partial charge in [0.25, 0.3) is 0 Å². The van der Waals surface area contributed by atoms with E-state index in [0.717, 1.165) is 57.1 Å². The number of carbonyl (C=O) groups is 2. The van der Waals surface area contributed by atoms with Crippen molar-refractivity contribution in [1.82, 2.24) is 0 Å². The van der Waals surface area contributed by atoms with Gasteiger partial charge in [-0.3, -0.25) is 4.79 Å². The highest BCUT2D eigenvalue weighted by atomic mass is 32.2. The van der Waals surface area contributed by atoms with E-state index in [1.165, 1.54) is 19.2 Å². The number of nitrogens with one attached hydrogen (secondary N) is 1. The standard InChI is InChI=1S/C34H49NO4S/c1-5-8-9-10-11-12-13-14-15-16-17-18-19-20-21-22-23-24-27-40-34(6-2,7-3)33(38)35-29-25-26-31(36)30(28-29)32(37)39-4/h8-9,11-12,14-15,17-18,20-21,25-26,28,36H,5-7,10,13,16,19,22-24,27H2,1-4H3,(H,35,38). The number of carbonyl (C=O) groups excluding carboxylic acids is 2. The molecule has 0 aliphatic rings. The number of allylic oxidation sites excluding steroid dienone is 10. The largest absolute Gasteiger partial charge is 0.507 e. The van der Waals surface area contributed by atoms with Crippen molar-refractivity contribution >= 4 is 29.3 Å². The zero-order valence-corrected chi connectivity index (χ0v) is 25.7. The number of phenols is 1. The number of phenolic OH excluding ortho intramolecular Hbond substituents is 1. The average molecular weight is 568 g/mol. The van der Waals surface area contributed by atoms with Crippen molar-refractivity contribution in [3.8, 4) is 5.75 Å². The van der Waals surface area contributed by atoms with Gasteiger partial charge in [-0.1, -0.05) is 81.5 Å². The summed E-state index contributed by atoms with van der Waals surface area (Å²) in [7, 11) is 1.25. The van der Waals surface area contributed by atoms with Crippen molar-refractivity contribution in [2.24, 2.45) is 0 Å². The van der Waals surface area contributed by atoms with Crippen LogP contribution in [0.5, 0.6) is 5.75 Å². The number of hydrogen-bond donors (Lipinski definition) is 2. The highest BCUT2D eigenvalue weighted by molar-refractivity contribution is 8.01. The predicted octanol–water partition coefficient (Wildman–Crippen LogP) is 9.33. The zero-order valence-electron chi connectivity index (χ0n) is 24.9. The molecule has 1 rings (SSSR count). The van der Waals surface area contributed by atoms with E-state index in [1.54, 1.807) is 17.8 Å². The van der Waals surface area contributed by atoms with Crippen molar-refractivity contribution in [3.63, 3.8) is 0 Å². The van der Waals surface area contributed by atoms with Gasteiger partial charge in [0.1, 0.15) is 11.3 Å². The summed E-state index contributed by atoms with van der Waals surface area (Å²) in [5.74, 6) is 0.00143. The smallest absolute Gasteiger partial charge is 0.341 e. The number of aromatic hydroxyl groups is 1. The molecule has 0 heterocycles.